The molecule has 64 valence electrons. The molecule has 1 aromatic rings. The first-order valence-electron chi connectivity index (χ1n) is 3.61. The highest BCUT2D eigenvalue weighted by atomic mass is 19.1. The topological polar surface area (TPSA) is 37.3 Å². The molecule has 2 nitrogen and oxygen atoms in total. The summed E-state index contributed by atoms with van der Waals surface area (Å²) in [6.07, 6.45) is -1.48. The molecule has 1 aromatic carbocycles. The fourth-order valence-electron chi connectivity index (χ4n) is 0.918. The minimum absolute atomic E-state index is 0.0379. The molecule has 0 fully saturated rings. The molecule has 0 saturated heterocycles. The summed E-state index contributed by atoms with van der Waals surface area (Å²) in [6, 6.07) is 7.12. The fraction of sp³-hybridized carbons (Fsp3) is 0.222. The van der Waals surface area contributed by atoms with Gasteiger partial charge in [0, 0.05) is 6.42 Å². The SMILES string of the molecule is O=C(F)C(O)Cc1ccccc1. The first-order valence-corrected chi connectivity index (χ1v) is 3.61. The summed E-state index contributed by atoms with van der Waals surface area (Å²) in [5.41, 5.74) is 0.746. The molecule has 0 saturated carbocycles. The largest absolute Gasteiger partial charge is 0.382 e. The van der Waals surface area contributed by atoms with Crippen molar-refractivity contribution in [2.45, 2.75) is 12.5 Å². The number of hydrogen-bond acceptors (Lipinski definition) is 2. The van der Waals surface area contributed by atoms with Gasteiger partial charge in [0.15, 0.2) is 0 Å². The van der Waals surface area contributed by atoms with Gasteiger partial charge in [-0.3, -0.25) is 4.79 Å². The van der Waals surface area contributed by atoms with Gasteiger partial charge in [-0.25, -0.2) is 0 Å². The van der Waals surface area contributed by atoms with Crippen LogP contribution in [0.25, 0.3) is 0 Å². The Hall–Kier alpha value is -1.22. The summed E-state index contributed by atoms with van der Waals surface area (Å²) in [5, 5.41) is 8.86. The Morgan fingerprint density at radius 3 is 2.50 bits per heavy atom. The molecule has 0 aliphatic carbocycles. The Balaban J connectivity index is 2.58. The quantitative estimate of drug-likeness (QED) is 0.686. The molecule has 0 heterocycles. The first kappa shape index (κ1) is 8.87. The Morgan fingerprint density at radius 2 is 2.00 bits per heavy atom. The smallest absolute Gasteiger partial charge is 0.330 e. The molecule has 0 radical (unpaired) electrons. The van der Waals surface area contributed by atoms with Crippen molar-refractivity contribution in [1.82, 2.24) is 0 Å². The number of halogens is 1. The number of hydrogen-bond donors (Lipinski definition) is 1. The normalized spacial score (nSPS) is 12.5. The summed E-state index contributed by atoms with van der Waals surface area (Å²) in [5.74, 6) is 0. The van der Waals surface area contributed by atoms with Crippen molar-refractivity contribution in [3.8, 4) is 0 Å². The van der Waals surface area contributed by atoms with Gasteiger partial charge in [-0.1, -0.05) is 30.3 Å². The zero-order valence-corrected chi connectivity index (χ0v) is 6.40. The standard InChI is InChI=1S/C9H9FO2/c10-9(12)8(11)6-7-4-2-1-3-5-7/h1-5,8,11H,6H2. The number of carbonyl (C=O) groups is 1. The van der Waals surface area contributed by atoms with Crippen LogP contribution in [-0.4, -0.2) is 17.2 Å². The van der Waals surface area contributed by atoms with E-state index in [0.29, 0.717) is 0 Å². The lowest BCUT2D eigenvalue weighted by Crippen LogP contribution is -2.18. The Labute approximate surface area is 69.6 Å². The maximum Gasteiger partial charge on any atom is 0.330 e. The van der Waals surface area contributed by atoms with E-state index in [1.807, 2.05) is 6.07 Å². The van der Waals surface area contributed by atoms with Crippen molar-refractivity contribution in [2.75, 3.05) is 0 Å². The molecule has 3 heteroatoms. The second-order valence-corrected chi connectivity index (χ2v) is 2.51. The van der Waals surface area contributed by atoms with Crippen molar-refractivity contribution in [1.29, 1.82) is 0 Å². The van der Waals surface area contributed by atoms with Crippen LogP contribution in [0.5, 0.6) is 0 Å². The van der Waals surface area contributed by atoms with E-state index in [1.165, 1.54) is 0 Å². The molecular weight excluding hydrogens is 159 g/mol. The Bertz CT molecular complexity index is 258. The molecule has 1 N–H and O–H groups in total. The molecule has 0 bridgehead atoms. The summed E-state index contributed by atoms with van der Waals surface area (Å²) >= 11 is 0. The molecule has 0 aliphatic rings. The van der Waals surface area contributed by atoms with E-state index >= 15 is 0 Å². The van der Waals surface area contributed by atoms with Gasteiger partial charge in [-0.15, -0.1) is 0 Å². The predicted molar refractivity (Wildman–Crippen MR) is 42.3 cm³/mol. The number of benzene rings is 1. The third kappa shape index (κ3) is 2.43. The highest BCUT2D eigenvalue weighted by Crippen LogP contribution is 2.03. The molecule has 1 unspecified atom stereocenters. The summed E-state index contributed by atoms with van der Waals surface area (Å²) < 4.78 is 11.9. The van der Waals surface area contributed by atoms with E-state index in [1.54, 1.807) is 24.3 Å². The van der Waals surface area contributed by atoms with Gasteiger partial charge in [0.05, 0.1) is 0 Å². The number of carbonyl (C=O) groups excluding carboxylic acids is 1. The molecule has 1 rings (SSSR count). The average Bonchev–Trinajstić information content (AvgIpc) is 2.06. The highest BCUT2D eigenvalue weighted by Gasteiger charge is 2.13. The number of aliphatic hydroxyl groups is 1. The van der Waals surface area contributed by atoms with Crippen LogP contribution in [0.2, 0.25) is 0 Å². The van der Waals surface area contributed by atoms with E-state index in [-0.39, 0.29) is 6.42 Å². The predicted octanol–water partition coefficient (Wildman–Crippen LogP) is 1.09. The third-order valence-electron chi connectivity index (χ3n) is 1.53. The van der Waals surface area contributed by atoms with Crippen LogP contribution in [0.3, 0.4) is 0 Å². The summed E-state index contributed by atoms with van der Waals surface area (Å²) in [7, 11) is 0. The van der Waals surface area contributed by atoms with Crippen LogP contribution < -0.4 is 0 Å². The van der Waals surface area contributed by atoms with Crippen molar-refractivity contribution < 1.29 is 14.3 Å². The molecule has 12 heavy (non-hydrogen) atoms. The lowest BCUT2D eigenvalue weighted by atomic mass is 10.1. The summed E-state index contributed by atoms with van der Waals surface area (Å²) in [4.78, 5) is 10.0. The van der Waals surface area contributed by atoms with Gasteiger partial charge in [0.1, 0.15) is 6.10 Å². The van der Waals surface area contributed by atoms with E-state index in [4.69, 9.17) is 5.11 Å². The minimum atomic E-state index is -1.68. The Kier molecular flexibility index (Phi) is 2.94. The van der Waals surface area contributed by atoms with E-state index in [0.717, 1.165) is 5.56 Å². The zero-order chi connectivity index (χ0) is 8.97. The van der Waals surface area contributed by atoms with Gasteiger partial charge in [0.2, 0.25) is 0 Å². The molecular formula is C9H9FO2. The van der Waals surface area contributed by atoms with E-state index in [9.17, 15) is 9.18 Å². The molecule has 0 aromatic heterocycles. The number of aliphatic hydroxyl groups excluding tert-OH is 1. The second kappa shape index (κ2) is 3.97. The van der Waals surface area contributed by atoms with Crippen molar-refractivity contribution in [3.63, 3.8) is 0 Å². The maximum absolute atomic E-state index is 11.9. The van der Waals surface area contributed by atoms with Crippen LogP contribution in [-0.2, 0) is 11.2 Å². The average molecular weight is 168 g/mol. The third-order valence-corrected chi connectivity index (χ3v) is 1.53. The molecule has 0 aliphatic heterocycles. The number of rotatable bonds is 3. The minimum Gasteiger partial charge on any atom is -0.382 e. The second-order valence-electron chi connectivity index (χ2n) is 2.51. The van der Waals surface area contributed by atoms with Crippen LogP contribution in [0.1, 0.15) is 5.56 Å². The van der Waals surface area contributed by atoms with Crippen LogP contribution in [0, 0.1) is 0 Å². The van der Waals surface area contributed by atoms with Gasteiger partial charge < -0.3 is 5.11 Å². The van der Waals surface area contributed by atoms with Gasteiger partial charge >= 0.3 is 6.04 Å². The van der Waals surface area contributed by atoms with Crippen LogP contribution in [0.15, 0.2) is 30.3 Å². The zero-order valence-electron chi connectivity index (χ0n) is 6.40. The van der Waals surface area contributed by atoms with Crippen LogP contribution in [0.4, 0.5) is 4.39 Å². The van der Waals surface area contributed by atoms with Crippen LogP contribution >= 0.6 is 0 Å². The summed E-state index contributed by atoms with van der Waals surface area (Å²) in [6.45, 7) is 0. The van der Waals surface area contributed by atoms with E-state index < -0.39 is 12.1 Å². The molecule has 0 spiro atoms. The molecule has 0 amide bonds. The van der Waals surface area contributed by atoms with Crippen molar-refractivity contribution >= 4 is 6.04 Å². The lowest BCUT2D eigenvalue weighted by molar-refractivity contribution is -0.138. The Morgan fingerprint density at radius 1 is 1.42 bits per heavy atom. The van der Waals surface area contributed by atoms with Crippen molar-refractivity contribution in [3.05, 3.63) is 35.9 Å². The van der Waals surface area contributed by atoms with Crippen molar-refractivity contribution in [2.24, 2.45) is 0 Å². The van der Waals surface area contributed by atoms with E-state index in [2.05, 4.69) is 0 Å². The van der Waals surface area contributed by atoms with Gasteiger partial charge in [-0.2, -0.15) is 4.39 Å². The first-order chi connectivity index (χ1) is 5.70. The van der Waals surface area contributed by atoms with Gasteiger partial charge in [-0.05, 0) is 5.56 Å². The monoisotopic (exact) mass is 168 g/mol. The van der Waals surface area contributed by atoms with Gasteiger partial charge in [0.25, 0.3) is 0 Å². The maximum atomic E-state index is 11.9. The molecule has 1 atom stereocenters. The lowest BCUT2D eigenvalue weighted by Gasteiger charge is -2.03. The highest BCUT2D eigenvalue weighted by molar-refractivity contribution is 5.73. The fourth-order valence-corrected chi connectivity index (χ4v) is 0.918.